The predicted molar refractivity (Wildman–Crippen MR) is 94.9 cm³/mol. The molecule has 1 aromatic heterocycles. The van der Waals surface area contributed by atoms with Crippen molar-refractivity contribution in [3.05, 3.63) is 53.9 Å². The number of aryl methyl sites for hydroxylation is 1. The molecule has 0 atom stereocenters. The average molecular weight is 345 g/mol. The number of aromatic nitrogens is 1. The quantitative estimate of drug-likeness (QED) is 0.375. The molecule has 0 saturated heterocycles. The molecule has 0 aliphatic carbocycles. The zero-order valence-corrected chi connectivity index (χ0v) is 14.7. The summed E-state index contributed by atoms with van der Waals surface area (Å²) in [5, 5.41) is 0. The summed E-state index contributed by atoms with van der Waals surface area (Å²) in [6.07, 6.45) is 5.12. The Kier molecular flexibility index (Phi) is 7.25. The molecule has 0 radical (unpaired) electrons. The third-order valence-electron chi connectivity index (χ3n) is 3.49. The molecule has 0 saturated carbocycles. The summed E-state index contributed by atoms with van der Waals surface area (Å²) in [7, 11) is 3.10. The molecule has 0 aliphatic heterocycles. The first kappa shape index (κ1) is 18.8. The highest BCUT2D eigenvalue weighted by molar-refractivity contribution is 6.06. The zero-order valence-electron chi connectivity index (χ0n) is 14.7. The first-order valence-electron chi connectivity index (χ1n) is 7.94. The first-order chi connectivity index (χ1) is 12.2. The molecule has 0 aliphatic rings. The molecule has 0 spiro atoms. The van der Waals surface area contributed by atoms with Crippen molar-refractivity contribution in [3.63, 3.8) is 0 Å². The molecule has 6 nitrogen and oxygen atoms in total. The Morgan fingerprint density at radius 2 is 1.88 bits per heavy atom. The van der Waals surface area contributed by atoms with E-state index in [1.54, 1.807) is 44.6 Å². The van der Waals surface area contributed by atoms with E-state index in [1.807, 2.05) is 23.8 Å². The average Bonchev–Trinajstić information content (AvgIpc) is 3.12. The van der Waals surface area contributed by atoms with Crippen LogP contribution in [0.25, 0.3) is 6.08 Å². The van der Waals surface area contributed by atoms with E-state index in [0.29, 0.717) is 22.8 Å². The number of methoxy groups -OCH3 is 2. The number of carbonyl (C=O) groups is 1. The molecule has 0 amide bonds. The SMILES string of the molecule is CCn1cccc1C(=O)/C=C/c1cc(OCOC)ccc1OCOC. The maximum absolute atomic E-state index is 12.4. The lowest BCUT2D eigenvalue weighted by atomic mass is 10.1. The van der Waals surface area contributed by atoms with Crippen LogP contribution in [-0.4, -0.2) is 38.2 Å². The smallest absolute Gasteiger partial charge is 0.202 e. The number of hydrogen-bond acceptors (Lipinski definition) is 5. The minimum Gasteiger partial charge on any atom is -0.468 e. The Balaban J connectivity index is 2.23. The van der Waals surface area contributed by atoms with Crippen LogP contribution in [-0.2, 0) is 16.0 Å². The monoisotopic (exact) mass is 345 g/mol. The Labute approximate surface area is 147 Å². The summed E-state index contributed by atoms with van der Waals surface area (Å²) < 4.78 is 22.7. The van der Waals surface area contributed by atoms with Gasteiger partial charge in [-0.15, -0.1) is 0 Å². The fourth-order valence-electron chi connectivity index (χ4n) is 2.29. The third kappa shape index (κ3) is 5.20. The van der Waals surface area contributed by atoms with E-state index >= 15 is 0 Å². The zero-order chi connectivity index (χ0) is 18.1. The van der Waals surface area contributed by atoms with Crippen LogP contribution in [0.2, 0.25) is 0 Å². The van der Waals surface area contributed by atoms with Crippen molar-refractivity contribution >= 4 is 11.9 Å². The Morgan fingerprint density at radius 3 is 2.60 bits per heavy atom. The molecule has 2 aromatic rings. The number of allylic oxidation sites excluding steroid dienone is 1. The molecular weight excluding hydrogens is 322 g/mol. The highest BCUT2D eigenvalue weighted by atomic mass is 16.7. The first-order valence-corrected chi connectivity index (χ1v) is 7.94. The molecule has 0 unspecified atom stereocenters. The van der Waals surface area contributed by atoms with E-state index in [9.17, 15) is 4.79 Å². The number of benzene rings is 1. The predicted octanol–water partition coefficient (Wildman–Crippen LogP) is 3.37. The second-order valence-electron chi connectivity index (χ2n) is 5.18. The normalized spacial score (nSPS) is 11.0. The minimum atomic E-state index is -0.0762. The van der Waals surface area contributed by atoms with Gasteiger partial charge in [0.2, 0.25) is 5.78 Å². The number of nitrogens with zero attached hydrogens (tertiary/aromatic N) is 1. The summed E-state index contributed by atoms with van der Waals surface area (Å²) in [5.41, 5.74) is 1.36. The summed E-state index contributed by atoms with van der Waals surface area (Å²) in [4.78, 5) is 12.4. The standard InChI is InChI=1S/C19H23NO5/c1-4-20-11-5-6-17(20)18(21)9-7-15-12-16(24-13-22-2)8-10-19(15)25-14-23-3/h5-12H,4,13-14H2,1-3H3/b9-7+. The van der Waals surface area contributed by atoms with E-state index in [-0.39, 0.29) is 19.4 Å². The van der Waals surface area contributed by atoms with E-state index in [0.717, 1.165) is 6.54 Å². The molecule has 1 aromatic carbocycles. The fraction of sp³-hybridized carbons (Fsp3) is 0.316. The fourth-order valence-corrected chi connectivity index (χ4v) is 2.29. The lowest BCUT2D eigenvalue weighted by Crippen LogP contribution is -2.05. The summed E-state index contributed by atoms with van der Waals surface area (Å²) in [5.74, 6) is 1.14. The molecule has 2 rings (SSSR count). The number of ketones is 1. The van der Waals surface area contributed by atoms with Gasteiger partial charge in [0.25, 0.3) is 0 Å². The van der Waals surface area contributed by atoms with Crippen LogP contribution >= 0.6 is 0 Å². The van der Waals surface area contributed by atoms with Crippen molar-refractivity contribution in [1.29, 1.82) is 0 Å². The minimum absolute atomic E-state index is 0.0762. The Bertz CT molecular complexity index is 720. The molecule has 134 valence electrons. The van der Waals surface area contributed by atoms with Gasteiger partial charge in [0, 0.05) is 32.5 Å². The highest BCUT2D eigenvalue weighted by Crippen LogP contribution is 2.26. The molecule has 0 bridgehead atoms. The topological polar surface area (TPSA) is 58.9 Å². The molecular formula is C19H23NO5. The van der Waals surface area contributed by atoms with Gasteiger partial charge in [0.15, 0.2) is 13.6 Å². The van der Waals surface area contributed by atoms with Crippen molar-refractivity contribution in [2.24, 2.45) is 0 Å². The third-order valence-corrected chi connectivity index (χ3v) is 3.49. The van der Waals surface area contributed by atoms with Gasteiger partial charge >= 0.3 is 0 Å². The number of hydrogen-bond donors (Lipinski definition) is 0. The maximum Gasteiger partial charge on any atom is 0.202 e. The number of ether oxygens (including phenoxy) is 4. The van der Waals surface area contributed by atoms with Crippen LogP contribution in [0.5, 0.6) is 11.5 Å². The van der Waals surface area contributed by atoms with Crippen molar-refractivity contribution in [1.82, 2.24) is 4.57 Å². The van der Waals surface area contributed by atoms with Crippen molar-refractivity contribution in [2.75, 3.05) is 27.8 Å². The Hall–Kier alpha value is -2.57. The van der Waals surface area contributed by atoms with Crippen LogP contribution in [0.4, 0.5) is 0 Å². The van der Waals surface area contributed by atoms with Gasteiger partial charge in [-0.2, -0.15) is 0 Å². The Morgan fingerprint density at radius 1 is 1.12 bits per heavy atom. The van der Waals surface area contributed by atoms with Crippen LogP contribution in [0.15, 0.2) is 42.6 Å². The van der Waals surface area contributed by atoms with E-state index in [2.05, 4.69) is 0 Å². The van der Waals surface area contributed by atoms with Crippen LogP contribution in [0.3, 0.4) is 0 Å². The number of rotatable bonds is 10. The van der Waals surface area contributed by atoms with Gasteiger partial charge in [-0.05, 0) is 49.4 Å². The number of carbonyl (C=O) groups excluding carboxylic acids is 1. The van der Waals surface area contributed by atoms with Crippen molar-refractivity contribution in [2.45, 2.75) is 13.5 Å². The van der Waals surface area contributed by atoms with Crippen molar-refractivity contribution in [3.8, 4) is 11.5 Å². The van der Waals surface area contributed by atoms with Gasteiger partial charge in [0.1, 0.15) is 11.5 Å². The largest absolute Gasteiger partial charge is 0.468 e. The summed E-state index contributed by atoms with van der Waals surface area (Å²) >= 11 is 0. The molecule has 0 N–H and O–H groups in total. The second kappa shape index (κ2) is 9.66. The van der Waals surface area contributed by atoms with E-state index < -0.39 is 0 Å². The van der Waals surface area contributed by atoms with Crippen LogP contribution < -0.4 is 9.47 Å². The van der Waals surface area contributed by atoms with E-state index in [1.165, 1.54) is 6.08 Å². The molecule has 6 heteroatoms. The van der Waals surface area contributed by atoms with Gasteiger partial charge < -0.3 is 23.5 Å². The van der Waals surface area contributed by atoms with E-state index in [4.69, 9.17) is 18.9 Å². The summed E-state index contributed by atoms with van der Waals surface area (Å²) in [6, 6.07) is 8.98. The van der Waals surface area contributed by atoms with Crippen LogP contribution in [0, 0.1) is 0 Å². The lowest BCUT2D eigenvalue weighted by molar-refractivity contribution is 0.0482. The van der Waals surface area contributed by atoms with Crippen LogP contribution in [0.1, 0.15) is 23.0 Å². The van der Waals surface area contributed by atoms with Gasteiger partial charge in [-0.25, -0.2) is 0 Å². The molecule has 1 heterocycles. The van der Waals surface area contributed by atoms with Gasteiger partial charge in [0.05, 0.1) is 5.69 Å². The lowest BCUT2D eigenvalue weighted by Gasteiger charge is -2.11. The molecule has 0 fully saturated rings. The second-order valence-corrected chi connectivity index (χ2v) is 5.18. The highest BCUT2D eigenvalue weighted by Gasteiger charge is 2.08. The summed E-state index contributed by atoms with van der Waals surface area (Å²) in [6.45, 7) is 2.99. The maximum atomic E-state index is 12.4. The van der Waals surface area contributed by atoms with Gasteiger partial charge in [-0.1, -0.05) is 0 Å². The molecule has 25 heavy (non-hydrogen) atoms. The van der Waals surface area contributed by atoms with Crippen molar-refractivity contribution < 1.29 is 23.7 Å². The van der Waals surface area contributed by atoms with Gasteiger partial charge in [-0.3, -0.25) is 4.79 Å².